The predicted octanol–water partition coefficient (Wildman–Crippen LogP) is 3.89. The zero-order valence-corrected chi connectivity index (χ0v) is 11.6. The van der Waals surface area contributed by atoms with Crippen LogP contribution in [0, 0.1) is 0 Å². The molecule has 2 heterocycles. The Morgan fingerprint density at radius 1 is 1.25 bits per heavy atom. The number of methoxy groups -OCH3 is 1. The van der Waals surface area contributed by atoms with Gasteiger partial charge in [-0.15, -0.1) is 0 Å². The fourth-order valence-corrected chi connectivity index (χ4v) is 2.20. The molecule has 0 fully saturated rings. The Bertz CT molecular complexity index is 685. The molecule has 0 aliphatic carbocycles. The fourth-order valence-electron chi connectivity index (χ4n) is 2.20. The molecule has 4 nitrogen and oxygen atoms in total. The molecule has 0 spiro atoms. The van der Waals surface area contributed by atoms with Crippen LogP contribution >= 0.6 is 0 Å². The lowest BCUT2D eigenvalue weighted by atomic mass is 10.2. The van der Waals surface area contributed by atoms with Crippen molar-refractivity contribution in [2.75, 3.05) is 7.11 Å². The van der Waals surface area contributed by atoms with Gasteiger partial charge in [0.15, 0.2) is 11.3 Å². The van der Waals surface area contributed by atoms with E-state index < -0.39 is 0 Å². The van der Waals surface area contributed by atoms with Crippen LogP contribution in [0.4, 0.5) is 0 Å². The SMILES string of the molecule is COc1cccc2cc(C(C)NCc3ccco3)oc12. The van der Waals surface area contributed by atoms with E-state index in [-0.39, 0.29) is 6.04 Å². The minimum atomic E-state index is 0.0946. The van der Waals surface area contributed by atoms with Crippen molar-refractivity contribution in [3.63, 3.8) is 0 Å². The minimum Gasteiger partial charge on any atom is -0.493 e. The first-order valence-electron chi connectivity index (χ1n) is 6.60. The second kappa shape index (κ2) is 5.43. The van der Waals surface area contributed by atoms with Crippen molar-refractivity contribution >= 4 is 11.0 Å². The first-order chi connectivity index (χ1) is 9.78. The number of rotatable bonds is 5. The molecule has 0 saturated heterocycles. The van der Waals surface area contributed by atoms with Crippen LogP contribution in [0.15, 0.2) is 51.5 Å². The van der Waals surface area contributed by atoms with E-state index in [1.54, 1.807) is 13.4 Å². The zero-order chi connectivity index (χ0) is 13.9. The van der Waals surface area contributed by atoms with Crippen LogP contribution in [0.2, 0.25) is 0 Å². The number of ether oxygens (including phenoxy) is 1. The van der Waals surface area contributed by atoms with Crippen LogP contribution in [-0.4, -0.2) is 7.11 Å². The lowest BCUT2D eigenvalue weighted by Gasteiger charge is -2.09. The Morgan fingerprint density at radius 3 is 2.90 bits per heavy atom. The molecule has 0 saturated carbocycles. The van der Waals surface area contributed by atoms with Crippen LogP contribution in [0.3, 0.4) is 0 Å². The van der Waals surface area contributed by atoms with Crippen LogP contribution in [0.1, 0.15) is 24.5 Å². The molecule has 104 valence electrons. The first kappa shape index (κ1) is 12.8. The Kier molecular flexibility index (Phi) is 3.48. The fraction of sp³-hybridized carbons (Fsp3) is 0.250. The summed E-state index contributed by atoms with van der Waals surface area (Å²) in [4.78, 5) is 0. The van der Waals surface area contributed by atoms with Gasteiger partial charge < -0.3 is 18.9 Å². The molecule has 4 heteroatoms. The molecule has 0 aliphatic rings. The van der Waals surface area contributed by atoms with E-state index in [4.69, 9.17) is 13.6 Å². The van der Waals surface area contributed by atoms with Gasteiger partial charge in [-0.3, -0.25) is 0 Å². The standard InChI is InChI=1S/C16H17NO3/c1-11(17-10-13-6-4-8-19-13)15-9-12-5-3-7-14(18-2)16(12)20-15/h3-9,11,17H,10H2,1-2H3. The van der Waals surface area contributed by atoms with Gasteiger partial charge in [-0.1, -0.05) is 12.1 Å². The van der Waals surface area contributed by atoms with Gasteiger partial charge in [0, 0.05) is 5.39 Å². The normalized spacial score (nSPS) is 12.7. The Hall–Kier alpha value is -2.20. The summed E-state index contributed by atoms with van der Waals surface area (Å²) in [6, 6.07) is 11.8. The summed E-state index contributed by atoms with van der Waals surface area (Å²) in [6.07, 6.45) is 1.67. The quantitative estimate of drug-likeness (QED) is 0.765. The molecule has 2 aromatic heterocycles. The molecule has 20 heavy (non-hydrogen) atoms. The maximum absolute atomic E-state index is 5.90. The average Bonchev–Trinajstić information content (AvgIpc) is 3.12. The summed E-state index contributed by atoms with van der Waals surface area (Å²) < 4.78 is 16.5. The topological polar surface area (TPSA) is 47.5 Å². The highest BCUT2D eigenvalue weighted by atomic mass is 16.5. The highest BCUT2D eigenvalue weighted by Gasteiger charge is 2.14. The monoisotopic (exact) mass is 271 g/mol. The van der Waals surface area contributed by atoms with E-state index in [2.05, 4.69) is 12.2 Å². The summed E-state index contributed by atoms with van der Waals surface area (Å²) >= 11 is 0. The maximum Gasteiger partial charge on any atom is 0.176 e. The van der Waals surface area contributed by atoms with Crippen molar-refractivity contribution in [1.29, 1.82) is 0 Å². The molecule has 0 bridgehead atoms. The molecule has 0 radical (unpaired) electrons. The van der Waals surface area contributed by atoms with Gasteiger partial charge in [-0.2, -0.15) is 0 Å². The molecule has 1 unspecified atom stereocenters. The third-order valence-electron chi connectivity index (χ3n) is 3.34. The van der Waals surface area contributed by atoms with Gasteiger partial charge in [-0.25, -0.2) is 0 Å². The largest absolute Gasteiger partial charge is 0.493 e. The molecular formula is C16H17NO3. The van der Waals surface area contributed by atoms with Crippen LogP contribution in [0.25, 0.3) is 11.0 Å². The second-order valence-electron chi connectivity index (χ2n) is 4.71. The van der Waals surface area contributed by atoms with Crippen molar-refractivity contribution in [2.45, 2.75) is 19.5 Å². The van der Waals surface area contributed by atoms with Gasteiger partial charge in [0.25, 0.3) is 0 Å². The number of furan rings is 2. The minimum absolute atomic E-state index is 0.0946. The highest BCUT2D eigenvalue weighted by molar-refractivity contribution is 5.83. The number of hydrogen-bond acceptors (Lipinski definition) is 4. The highest BCUT2D eigenvalue weighted by Crippen LogP contribution is 2.30. The predicted molar refractivity (Wildman–Crippen MR) is 76.7 cm³/mol. The lowest BCUT2D eigenvalue weighted by Crippen LogP contribution is -2.17. The summed E-state index contributed by atoms with van der Waals surface area (Å²) in [5, 5.41) is 4.42. The molecule has 1 N–H and O–H groups in total. The van der Waals surface area contributed by atoms with Crippen LogP contribution in [-0.2, 0) is 6.54 Å². The van der Waals surface area contributed by atoms with Crippen LogP contribution < -0.4 is 10.1 Å². The zero-order valence-electron chi connectivity index (χ0n) is 11.6. The second-order valence-corrected chi connectivity index (χ2v) is 4.71. The van der Waals surface area contributed by atoms with E-state index in [0.29, 0.717) is 6.54 Å². The van der Waals surface area contributed by atoms with Gasteiger partial charge in [-0.05, 0) is 31.2 Å². The lowest BCUT2D eigenvalue weighted by molar-refractivity contribution is 0.394. The smallest absolute Gasteiger partial charge is 0.176 e. The number of hydrogen-bond donors (Lipinski definition) is 1. The van der Waals surface area contributed by atoms with Gasteiger partial charge in [0.1, 0.15) is 11.5 Å². The van der Waals surface area contributed by atoms with Gasteiger partial charge in [0.2, 0.25) is 0 Å². The molecule has 0 aliphatic heterocycles. The van der Waals surface area contributed by atoms with Gasteiger partial charge in [0.05, 0.1) is 26.0 Å². The van der Waals surface area contributed by atoms with Crippen molar-refractivity contribution in [2.24, 2.45) is 0 Å². The van der Waals surface area contributed by atoms with E-state index in [0.717, 1.165) is 28.2 Å². The number of nitrogens with one attached hydrogen (secondary N) is 1. The molecule has 0 amide bonds. The molecule has 1 atom stereocenters. The van der Waals surface area contributed by atoms with Crippen molar-refractivity contribution in [3.8, 4) is 5.75 Å². The van der Waals surface area contributed by atoms with E-state index in [1.807, 2.05) is 36.4 Å². The Labute approximate surface area is 117 Å². The Morgan fingerprint density at radius 2 is 2.15 bits per heavy atom. The van der Waals surface area contributed by atoms with Crippen molar-refractivity contribution < 1.29 is 13.6 Å². The number of benzene rings is 1. The molecule has 3 aromatic rings. The van der Waals surface area contributed by atoms with Crippen molar-refractivity contribution in [1.82, 2.24) is 5.32 Å². The third-order valence-corrected chi connectivity index (χ3v) is 3.34. The van der Waals surface area contributed by atoms with Crippen molar-refractivity contribution in [3.05, 3.63) is 54.2 Å². The van der Waals surface area contributed by atoms with E-state index in [1.165, 1.54) is 0 Å². The average molecular weight is 271 g/mol. The number of fused-ring (bicyclic) bond motifs is 1. The molecule has 1 aromatic carbocycles. The number of para-hydroxylation sites is 1. The maximum atomic E-state index is 5.90. The summed E-state index contributed by atoms with van der Waals surface area (Å²) in [5.74, 6) is 2.55. The van der Waals surface area contributed by atoms with E-state index >= 15 is 0 Å². The first-order valence-corrected chi connectivity index (χ1v) is 6.60. The van der Waals surface area contributed by atoms with Gasteiger partial charge >= 0.3 is 0 Å². The third kappa shape index (κ3) is 2.42. The van der Waals surface area contributed by atoms with E-state index in [9.17, 15) is 0 Å². The van der Waals surface area contributed by atoms with Crippen LogP contribution in [0.5, 0.6) is 5.75 Å². The Balaban J connectivity index is 1.79. The molecule has 3 rings (SSSR count). The molecular weight excluding hydrogens is 254 g/mol. The summed E-state index contributed by atoms with van der Waals surface area (Å²) in [5.41, 5.74) is 0.789. The summed E-state index contributed by atoms with van der Waals surface area (Å²) in [6.45, 7) is 2.73. The summed E-state index contributed by atoms with van der Waals surface area (Å²) in [7, 11) is 1.65.